The molecule has 3 heteroatoms. The van der Waals surface area contributed by atoms with Crippen LogP contribution in [0, 0.1) is 0 Å². The van der Waals surface area contributed by atoms with Crippen molar-refractivity contribution in [3.63, 3.8) is 0 Å². The van der Waals surface area contributed by atoms with Crippen molar-refractivity contribution in [2.45, 2.75) is 0 Å². The van der Waals surface area contributed by atoms with Gasteiger partial charge in [-0.3, -0.25) is 0 Å². The van der Waals surface area contributed by atoms with Crippen molar-refractivity contribution in [3.8, 4) is 0 Å². The summed E-state index contributed by atoms with van der Waals surface area (Å²) in [5.41, 5.74) is 10.4. The Morgan fingerprint density at radius 1 is 0.950 bits per heavy atom. The lowest BCUT2D eigenvalue weighted by Crippen LogP contribution is -2.24. The summed E-state index contributed by atoms with van der Waals surface area (Å²) >= 11 is 3.46. The third-order valence-electron chi connectivity index (χ3n) is 3.29. The van der Waals surface area contributed by atoms with Gasteiger partial charge in [-0.25, -0.2) is 0 Å². The fourth-order valence-corrected chi connectivity index (χ4v) is 2.58. The van der Waals surface area contributed by atoms with Crippen LogP contribution in [0.25, 0.3) is 5.57 Å². The van der Waals surface area contributed by atoms with Crippen molar-refractivity contribution < 1.29 is 0 Å². The number of nitrogens with two attached hydrogens (primary N) is 1. The van der Waals surface area contributed by atoms with Crippen LogP contribution >= 0.6 is 15.9 Å². The van der Waals surface area contributed by atoms with Crippen molar-refractivity contribution in [2.24, 2.45) is 5.73 Å². The van der Waals surface area contributed by atoms with Gasteiger partial charge in [-0.1, -0.05) is 46.3 Å². The molecule has 0 spiro atoms. The van der Waals surface area contributed by atoms with Gasteiger partial charge in [0, 0.05) is 28.6 Å². The van der Waals surface area contributed by atoms with Crippen LogP contribution in [-0.4, -0.2) is 6.54 Å². The number of halogens is 1. The zero-order valence-corrected chi connectivity index (χ0v) is 12.5. The number of allylic oxidation sites excluding steroid dienone is 1. The molecule has 2 N–H and O–H groups in total. The van der Waals surface area contributed by atoms with Gasteiger partial charge in [-0.2, -0.15) is 0 Å². The van der Waals surface area contributed by atoms with Crippen LogP contribution < -0.4 is 10.6 Å². The standard InChI is InChI=1S/C17H15BrN2/c18-15-6-8-17(9-7-15)20-11-14(10-16(19)12-20)13-4-2-1-3-5-13/h1-10,12H,11,19H2. The largest absolute Gasteiger partial charge is 0.398 e. The van der Waals surface area contributed by atoms with Gasteiger partial charge in [0.05, 0.1) is 0 Å². The third-order valence-corrected chi connectivity index (χ3v) is 3.82. The molecule has 0 bridgehead atoms. The highest BCUT2D eigenvalue weighted by atomic mass is 79.9. The first-order valence-corrected chi connectivity index (χ1v) is 7.27. The van der Waals surface area contributed by atoms with Crippen molar-refractivity contribution >= 4 is 27.2 Å². The van der Waals surface area contributed by atoms with Crippen LogP contribution in [0.2, 0.25) is 0 Å². The molecule has 3 rings (SSSR count). The van der Waals surface area contributed by atoms with E-state index in [0.29, 0.717) is 0 Å². The molecule has 1 heterocycles. The van der Waals surface area contributed by atoms with Gasteiger partial charge < -0.3 is 10.6 Å². The minimum absolute atomic E-state index is 0.776. The van der Waals surface area contributed by atoms with Crippen LogP contribution in [0.5, 0.6) is 0 Å². The second-order valence-corrected chi connectivity index (χ2v) is 5.68. The van der Waals surface area contributed by atoms with Gasteiger partial charge in [0.15, 0.2) is 0 Å². The Morgan fingerprint density at radius 2 is 1.65 bits per heavy atom. The Balaban J connectivity index is 1.91. The molecule has 0 saturated carbocycles. The van der Waals surface area contributed by atoms with E-state index in [1.165, 1.54) is 11.1 Å². The van der Waals surface area contributed by atoms with E-state index in [4.69, 9.17) is 5.73 Å². The number of anilines is 1. The maximum atomic E-state index is 6.05. The van der Waals surface area contributed by atoms with E-state index in [9.17, 15) is 0 Å². The summed E-state index contributed by atoms with van der Waals surface area (Å²) in [5.74, 6) is 0. The summed E-state index contributed by atoms with van der Waals surface area (Å²) in [6.45, 7) is 0.826. The number of hydrogen-bond acceptors (Lipinski definition) is 2. The summed E-state index contributed by atoms with van der Waals surface area (Å²) in [4.78, 5) is 2.17. The van der Waals surface area contributed by atoms with Crippen molar-refractivity contribution in [3.05, 3.63) is 82.6 Å². The normalized spacial score (nSPS) is 14.8. The summed E-state index contributed by atoms with van der Waals surface area (Å²) in [7, 11) is 0. The Morgan fingerprint density at radius 3 is 2.35 bits per heavy atom. The molecule has 0 radical (unpaired) electrons. The molecular weight excluding hydrogens is 312 g/mol. The second kappa shape index (κ2) is 5.55. The maximum absolute atomic E-state index is 6.05. The van der Waals surface area contributed by atoms with E-state index in [1.807, 2.05) is 30.5 Å². The lowest BCUT2D eigenvalue weighted by atomic mass is 10.0. The summed E-state index contributed by atoms with van der Waals surface area (Å²) in [6, 6.07) is 18.6. The molecule has 20 heavy (non-hydrogen) atoms. The first-order valence-electron chi connectivity index (χ1n) is 6.48. The summed E-state index contributed by atoms with van der Waals surface area (Å²) < 4.78 is 1.08. The lowest BCUT2D eigenvalue weighted by molar-refractivity contribution is 1.06. The second-order valence-electron chi connectivity index (χ2n) is 4.77. The van der Waals surface area contributed by atoms with Gasteiger partial charge >= 0.3 is 0 Å². The topological polar surface area (TPSA) is 29.3 Å². The summed E-state index contributed by atoms with van der Waals surface area (Å²) in [6.07, 6.45) is 4.03. The third kappa shape index (κ3) is 2.78. The van der Waals surface area contributed by atoms with Gasteiger partial charge in [0.1, 0.15) is 0 Å². The van der Waals surface area contributed by atoms with E-state index in [1.54, 1.807) is 0 Å². The predicted molar refractivity (Wildman–Crippen MR) is 88.2 cm³/mol. The maximum Gasteiger partial charge on any atom is 0.0483 e. The molecule has 0 amide bonds. The highest BCUT2D eigenvalue weighted by Crippen LogP contribution is 2.26. The quantitative estimate of drug-likeness (QED) is 0.898. The van der Waals surface area contributed by atoms with Crippen molar-refractivity contribution in [1.29, 1.82) is 0 Å². The number of rotatable bonds is 2. The number of benzene rings is 2. The molecule has 0 saturated heterocycles. The van der Waals surface area contributed by atoms with E-state index in [2.05, 4.69) is 57.2 Å². The molecule has 0 atom stereocenters. The lowest BCUT2D eigenvalue weighted by Gasteiger charge is -2.26. The fraction of sp³-hybridized carbons (Fsp3) is 0.0588. The monoisotopic (exact) mass is 326 g/mol. The van der Waals surface area contributed by atoms with Gasteiger partial charge in [0.2, 0.25) is 0 Å². The molecule has 0 unspecified atom stereocenters. The molecule has 0 aromatic heterocycles. The Bertz CT molecular complexity index is 657. The van der Waals surface area contributed by atoms with Crippen LogP contribution in [0.3, 0.4) is 0 Å². The van der Waals surface area contributed by atoms with E-state index in [0.717, 1.165) is 22.4 Å². The van der Waals surface area contributed by atoms with Gasteiger partial charge in [-0.15, -0.1) is 0 Å². The fourth-order valence-electron chi connectivity index (χ4n) is 2.32. The van der Waals surface area contributed by atoms with Crippen molar-refractivity contribution in [2.75, 3.05) is 11.4 Å². The van der Waals surface area contributed by atoms with E-state index < -0.39 is 0 Å². The molecule has 2 aromatic rings. The van der Waals surface area contributed by atoms with E-state index in [-0.39, 0.29) is 0 Å². The number of hydrogen-bond donors (Lipinski definition) is 1. The van der Waals surface area contributed by atoms with Crippen LogP contribution in [-0.2, 0) is 0 Å². The Labute approximate surface area is 127 Å². The first-order chi connectivity index (χ1) is 9.72. The zero-order chi connectivity index (χ0) is 13.9. The van der Waals surface area contributed by atoms with Crippen LogP contribution in [0.15, 0.2) is 77.0 Å². The average molecular weight is 327 g/mol. The molecule has 100 valence electrons. The first kappa shape index (κ1) is 13.0. The predicted octanol–water partition coefficient (Wildman–Crippen LogP) is 4.15. The molecular formula is C17H15BrN2. The minimum Gasteiger partial charge on any atom is -0.398 e. The molecule has 2 nitrogen and oxygen atoms in total. The summed E-state index contributed by atoms with van der Waals surface area (Å²) in [5, 5.41) is 0. The van der Waals surface area contributed by atoms with Crippen LogP contribution in [0.4, 0.5) is 5.69 Å². The van der Waals surface area contributed by atoms with Crippen molar-refractivity contribution in [1.82, 2.24) is 0 Å². The highest BCUT2D eigenvalue weighted by Gasteiger charge is 2.13. The highest BCUT2D eigenvalue weighted by molar-refractivity contribution is 9.10. The zero-order valence-electron chi connectivity index (χ0n) is 11.0. The molecule has 1 aliphatic rings. The Kier molecular flexibility index (Phi) is 3.61. The average Bonchev–Trinajstić information content (AvgIpc) is 2.48. The van der Waals surface area contributed by atoms with E-state index >= 15 is 0 Å². The molecule has 0 fully saturated rings. The molecule has 0 aliphatic carbocycles. The molecule has 2 aromatic carbocycles. The van der Waals surface area contributed by atoms with Crippen LogP contribution in [0.1, 0.15) is 5.56 Å². The minimum atomic E-state index is 0.776. The number of nitrogens with zero attached hydrogens (tertiary/aromatic N) is 1. The van der Waals surface area contributed by atoms with Gasteiger partial charge in [0.25, 0.3) is 0 Å². The smallest absolute Gasteiger partial charge is 0.0483 e. The molecule has 1 aliphatic heterocycles. The SMILES string of the molecule is NC1=CN(c2ccc(Br)cc2)CC(c2ccccc2)=C1. The Hall–Kier alpha value is -2.00. The van der Waals surface area contributed by atoms with Gasteiger partial charge in [-0.05, 0) is 41.5 Å².